The first-order valence-corrected chi connectivity index (χ1v) is 9.75. The van der Waals surface area contributed by atoms with Crippen LogP contribution in [0.1, 0.15) is 62.2 Å². The molecule has 4 rings (SSSR count). The van der Waals surface area contributed by atoms with E-state index >= 15 is 0 Å². The Balaban J connectivity index is 1.34. The standard InChI is InChI=1S/C19H30N4O/c1-22-11-9-16(10-12-22)20-15-5-7-17(8-6-15)23-19(24)13-14-3-2-4-18(14)21-23/h13,15-17,20H,2-12H2,1H3. The Bertz CT molecular complexity index is 625. The van der Waals surface area contributed by atoms with E-state index in [2.05, 4.69) is 17.3 Å². The lowest BCUT2D eigenvalue weighted by molar-refractivity contribution is 0.199. The van der Waals surface area contributed by atoms with Gasteiger partial charge in [0.25, 0.3) is 5.56 Å². The van der Waals surface area contributed by atoms with E-state index in [9.17, 15) is 4.79 Å². The van der Waals surface area contributed by atoms with Crippen LogP contribution in [0.2, 0.25) is 0 Å². The van der Waals surface area contributed by atoms with Gasteiger partial charge in [0.05, 0.1) is 11.7 Å². The van der Waals surface area contributed by atoms with Gasteiger partial charge in [0, 0.05) is 18.2 Å². The first kappa shape index (κ1) is 16.3. The van der Waals surface area contributed by atoms with Crippen molar-refractivity contribution < 1.29 is 0 Å². The third kappa shape index (κ3) is 3.42. The average Bonchev–Trinajstić information content (AvgIpc) is 3.04. The number of hydrogen-bond acceptors (Lipinski definition) is 4. The Morgan fingerprint density at radius 1 is 1.04 bits per heavy atom. The number of hydrogen-bond donors (Lipinski definition) is 1. The summed E-state index contributed by atoms with van der Waals surface area (Å²) in [5.41, 5.74) is 2.47. The van der Waals surface area contributed by atoms with Crippen LogP contribution >= 0.6 is 0 Å². The second-order valence-electron chi connectivity index (χ2n) is 8.00. The molecular formula is C19H30N4O. The van der Waals surface area contributed by atoms with Gasteiger partial charge in [-0.25, -0.2) is 4.68 Å². The molecule has 1 aromatic heterocycles. The minimum Gasteiger partial charge on any atom is -0.311 e. The zero-order valence-corrected chi connectivity index (χ0v) is 14.8. The molecule has 2 aliphatic carbocycles. The zero-order chi connectivity index (χ0) is 16.5. The van der Waals surface area contributed by atoms with Gasteiger partial charge in [-0.05, 0) is 83.5 Å². The van der Waals surface area contributed by atoms with E-state index in [1.165, 1.54) is 50.0 Å². The molecule has 1 aliphatic heterocycles. The molecule has 132 valence electrons. The predicted octanol–water partition coefficient (Wildman–Crippen LogP) is 1.90. The van der Waals surface area contributed by atoms with Crippen molar-refractivity contribution in [3.05, 3.63) is 27.7 Å². The van der Waals surface area contributed by atoms with Crippen molar-refractivity contribution in [2.75, 3.05) is 20.1 Å². The Labute approximate surface area is 144 Å². The fourth-order valence-corrected chi connectivity index (χ4v) is 4.67. The minimum absolute atomic E-state index is 0.113. The summed E-state index contributed by atoms with van der Waals surface area (Å²) in [6, 6.07) is 3.46. The quantitative estimate of drug-likeness (QED) is 0.920. The molecule has 2 fully saturated rings. The van der Waals surface area contributed by atoms with Gasteiger partial charge in [0.2, 0.25) is 0 Å². The lowest BCUT2D eigenvalue weighted by atomic mass is 9.90. The minimum atomic E-state index is 0.113. The third-order valence-electron chi connectivity index (χ3n) is 6.21. The van der Waals surface area contributed by atoms with Crippen molar-refractivity contribution in [3.8, 4) is 0 Å². The first-order chi connectivity index (χ1) is 11.7. The van der Waals surface area contributed by atoms with Crippen LogP contribution in [0, 0.1) is 0 Å². The number of rotatable bonds is 3. The molecule has 0 spiro atoms. The highest BCUT2D eigenvalue weighted by molar-refractivity contribution is 5.22. The van der Waals surface area contributed by atoms with E-state index in [0.29, 0.717) is 18.1 Å². The van der Waals surface area contributed by atoms with Crippen molar-refractivity contribution >= 4 is 0 Å². The van der Waals surface area contributed by atoms with Crippen LogP contribution in [0.4, 0.5) is 0 Å². The molecule has 1 N–H and O–H groups in total. The van der Waals surface area contributed by atoms with Crippen LogP contribution in [0.15, 0.2) is 10.9 Å². The van der Waals surface area contributed by atoms with Crippen LogP contribution in [-0.4, -0.2) is 46.9 Å². The van der Waals surface area contributed by atoms with E-state index < -0.39 is 0 Å². The lowest BCUT2D eigenvalue weighted by Crippen LogP contribution is -2.46. The van der Waals surface area contributed by atoms with Crippen molar-refractivity contribution in [2.24, 2.45) is 0 Å². The highest BCUT2D eigenvalue weighted by atomic mass is 16.1. The van der Waals surface area contributed by atoms with Crippen molar-refractivity contribution in [1.29, 1.82) is 0 Å². The van der Waals surface area contributed by atoms with Crippen LogP contribution in [0.3, 0.4) is 0 Å². The SMILES string of the molecule is CN1CCC(NC2CCC(n3nc4c(cc3=O)CCC4)CC2)CC1. The van der Waals surface area contributed by atoms with Gasteiger partial charge < -0.3 is 10.2 Å². The zero-order valence-electron chi connectivity index (χ0n) is 14.8. The molecule has 1 saturated heterocycles. The number of fused-ring (bicyclic) bond motifs is 1. The van der Waals surface area contributed by atoms with Crippen LogP contribution in [0.5, 0.6) is 0 Å². The summed E-state index contributed by atoms with van der Waals surface area (Å²) in [4.78, 5) is 14.8. The Morgan fingerprint density at radius 2 is 1.75 bits per heavy atom. The number of aryl methyl sites for hydroxylation is 2. The Kier molecular flexibility index (Phi) is 4.72. The van der Waals surface area contributed by atoms with Crippen molar-refractivity contribution in [3.63, 3.8) is 0 Å². The molecule has 5 nitrogen and oxygen atoms in total. The average molecular weight is 330 g/mol. The second kappa shape index (κ2) is 6.96. The summed E-state index contributed by atoms with van der Waals surface area (Å²) in [5, 5.41) is 8.58. The van der Waals surface area contributed by atoms with E-state index in [-0.39, 0.29) is 5.56 Å². The molecular weight excluding hydrogens is 300 g/mol. The maximum absolute atomic E-state index is 12.4. The Morgan fingerprint density at radius 3 is 2.50 bits per heavy atom. The van der Waals surface area contributed by atoms with E-state index in [1.807, 2.05) is 6.07 Å². The summed E-state index contributed by atoms with van der Waals surface area (Å²) >= 11 is 0. The van der Waals surface area contributed by atoms with Gasteiger partial charge in [0.1, 0.15) is 0 Å². The van der Waals surface area contributed by atoms with Gasteiger partial charge in [-0.15, -0.1) is 0 Å². The van der Waals surface area contributed by atoms with E-state index in [0.717, 1.165) is 32.1 Å². The van der Waals surface area contributed by atoms with Crippen LogP contribution < -0.4 is 10.9 Å². The smallest absolute Gasteiger partial charge is 0.267 e. The largest absolute Gasteiger partial charge is 0.311 e. The molecule has 0 aromatic carbocycles. The summed E-state index contributed by atoms with van der Waals surface area (Å²) < 4.78 is 1.80. The number of likely N-dealkylation sites (tertiary alicyclic amines) is 1. The highest BCUT2D eigenvalue weighted by Crippen LogP contribution is 2.28. The van der Waals surface area contributed by atoms with Gasteiger partial charge >= 0.3 is 0 Å². The monoisotopic (exact) mass is 330 g/mol. The molecule has 0 radical (unpaired) electrons. The second-order valence-corrected chi connectivity index (χ2v) is 8.00. The van der Waals surface area contributed by atoms with Crippen molar-refractivity contribution in [2.45, 2.75) is 75.9 Å². The molecule has 0 amide bonds. The number of nitrogens with one attached hydrogen (secondary N) is 1. The number of piperidine rings is 1. The van der Waals surface area contributed by atoms with Gasteiger partial charge in [-0.3, -0.25) is 4.79 Å². The molecule has 1 saturated carbocycles. The van der Waals surface area contributed by atoms with Crippen LogP contribution in [0.25, 0.3) is 0 Å². The molecule has 3 aliphatic rings. The summed E-state index contributed by atoms with van der Waals surface area (Å²) in [5.74, 6) is 0. The predicted molar refractivity (Wildman–Crippen MR) is 95.5 cm³/mol. The fourth-order valence-electron chi connectivity index (χ4n) is 4.67. The summed E-state index contributed by atoms with van der Waals surface area (Å²) in [6.45, 7) is 2.42. The molecule has 1 aromatic rings. The van der Waals surface area contributed by atoms with Gasteiger partial charge in [-0.2, -0.15) is 5.10 Å². The Hall–Kier alpha value is -1.20. The van der Waals surface area contributed by atoms with E-state index in [1.54, 1.807) is 4.68 Å². The fraction of sp³-hybridized carbons (Fsp3) is 0.789. The molecule has 2 heterocycles. The van der Waals surface area contributed by atoms with Crippen molar-refractivity contribution in [1.82, 2.24) is 20.0 Å². The normalized spacial score (nSPS) is 28.9. The highest BCUT2D eigenvalue weighted by Gasteiger charge is 2.27. The molecule has 0 atom stereocenters. The van der Waals surface area contributed by atoms with E-state index in [4.69, 9.17) is 5.10 Å². The molecule has 0 unspecified atom stereocenters. The summed E-state index contributed by atoms with van der Waals surface area (Å²) in [7, 11) is 2.21. The first-order valence-electron chi connectivity index (χ1n) is 9.75. The van der Waals surface area contributed by atoms with Gasteiger partial charge in [-0.1, -0.05) is 0 Å². The summed E-state index contributed by atoms with van der Waals surface area (Å²) in [6.07, 6.45) is 10.3. The van der Waals surface area contributed by atoms with Gasteiger partial charge in [0.15, 0.2) is 0 Å². The topological polar surface area (TPSA) is 50.2 Å². The maximum atomic E-state index is 12.4. The number of nitrogens with zero attached hydrogens (tertiary/aromatic N) is 3. The molecule has 24 heavy (non-hydrogen) atoms. The maximum Gasteiger partial charge on any atom is 0.267 e. The lowest BCUT2D eigenvalue weighted by Gasteiger charge is -2.35. The molecule has 5 heteroatoms. The third-order valence-corrected chi connectivity index (χ3v) is 6.21. The number of aromatic nitrogens is 2. The molecule has 0 bridgehead atoms. The van der Waals surface area contributed by atoms with Crippen LogP contribution in [-0.2, 0) is 12.8 Å².